The number of benzene rings is 2. The minimum Gasteiger partial charge on any atom is -0.496 e. The second-order valence-corrected chi connectivity index (χ2v) is 16.7. The van der Waals surface area contributed by atoms with Gasteiger partial charge in [-0.15, -0.1) is 0 Å². The van der Waals surface area contributed by atoms with E-state index in [1.165, 1.54) is 0 Å². The van der Waals surface area contributed by atoms with Crippen LogP contribution in [0.1, 0.15) is 23.9 Å². The first-order valence-electron chi connectivity index (χ1n) is 11.4. The number of fused-ring (bicyclic) bond motifs is 2. The number of methoxy groups -OCH3 is 1. The zero-order valence-corrected chi connectivity index (χ0v) is 23.2. The predicted octanol–water partition coefficient (Wildman–Crippen LogP) is 6.41. The van der Waals surface area contributed by atoms with Crippen molar-refractivity contribution in [2.45, 2.75) is 51.7 Å². The molecule has 0 aliphatic heterocycles. The number of carbonyl (C=O) groups is 1. The number of carbonyl (C=O) groups excluding carboxylic acids is 1. The Balaban J connectivity index is 1.91. The van der Waals surface area contributed by atoms with Gasteiger partial charge in [-0.1, -0.05) is 35.6 Å². The third-order valence-corrected chi connectivity index (χ3v) is 8.57. The molecule has 8 heteroatoms. The Hall–Kier alpha value is -2.42. The van der Waals surface area contributed by atoms with Gasteiger partial charge in [0.05, 0.1) is 18.1 Å². The van der Waals surface area contributed by atoms with Crippen molar-refractivity contribution in [3.63, 3.8) is 0 Å². The number of H-pyrrole nitrogens is 1. The molecular formula is C26H32BrN3O3Si. The fourth-order valence-corrected chi connectivity index (χ4v) is 5.56. The van der Waals surface area contributed by atoms with E-state index >= 15 is 0 Å². The maximum Gasteiger partial charge on any atom is 0.138 e. The third kappa shape index (κ3) is 4.46. The zero-order chi connectivity index (χ0) is 24.7. The van der Waals surface area contributed by atoms with Gasteiger partial charge in [-0.2, -0.15) is 0 Å². The average Bonchev–Trinajstić information content (AvgIpc) is 3.41. The summed E-state index contributed by atoms with van der Waals surface area (Å²) in [5.41, 5.74) is 3.51. The molecule has 1 atom stereocenters. The van der Waals surface area contributed by atoms with Crippen molar-refractivity contribution in [2.24, 2.45) is 0 Å². The van der Waals surface area contributed by atoms with Crippen LogP contribution in [-0.2, 0) is 21.7 Å². The Morgan fingerprint density at radius 2 is 2.00 bits per heavy atom. The van der Waals surface area contributed by atoms with Crippen molar-refractivity contribution < 1.29 is 14.3 Å². The fraction of sp³-hybridized carbons (Fsp3) is 0.385. The molecule has 2 aromatic carbocycles. The van der Waals surface area contributed by atoms with E-state index in [0.717, 1.165) is 49.9 Å². The van der Waals surface area contributed by atoms with E-state index in [4.69, 9.17) is 14.5 Å². The number of imidazole rings is 1. The number of nitrogens with zero attached hydrogens (tertiary/aromatic N) is 2. The van der Waals surface area contributed by atoms with Crippen molar-refractivity contribution in [3.05, 3.63) is 58.0 Å². The molecule has 0 aliphatic rings. The van der Waals surface area contributed by atoms with E-state index in [1.807, 2.05) is 54.9 Å². The number of aromatic amines is 1. The molecule has 0 fully saturated rings. The highest BCUT2D eigenvalue weighted by molar-refractivity contribution is 9.10. The van der Waals surface area contributed by atoms with Crippen LogP contribution < -0.4 is 4.74 Å². The number of aryl methyl sites for hydroxylation is 1. The topological polar surface area (TPSA) is 69.1 Å². The number of hydrogen-bond acceptors (Lipinski definition) is 4. The summed E-state index contributed by atoms with van der Waals surface area (Å²) in [5, 5.41) is 0.950. The average molecular weight is 543 g/mol. The first-order valence-corrected chi connectivity index (χ1v) is 15.9. The van der Waals surface area contributed by atoms with Crippen LogP contribution in [0.4, 0.5) is 0 Å². The van der Waals surface area contributed by atoms with E-state index in [1.54, 1.807) is 7.11 Å². The number of hydrogen-bond donors (Lipinski definition) is 1. The first kappa shape index (κ1) is 24.7. The van der Waals surface area contributed by atoms with Crippen LogP contribution in [0.5, 0.6) is 5.75 Å². The van der Waals surface area contributed by atoms with Gasteiger partial charge in [-0.05, 0) is 55.8 Å². The van der Waals surface area contributed by atoms with Crippen LogP contribution >= 0.6 is 15.9 Å². The molecule has 6 nitrogen and oxygen atoms in total. The maximum absolute atomic E-state index is 12.9. The molecule has 0 spiro atoms. The number of aldehydes is 1. The molecule has 2 aromatic heterocycles. The molecule has 0 amide bonds. The van der Waals surface area contributed by atoms with Crippen molar-refractivity contribution >= 4 is 52.2 Å². The van der Waals surface area contributed by atoms with Crippen molar-refractivity contribution in [1.29, 1.82) is 0 Å². The summed E-state index contributed by atoms with van der Waals surface area (Å²) in [6, 6.07) is 11.0. The molecule has 0 radical (unpaired) electrons. The molecule has 4 rings (SSSR count). The lowest BCUT2D eigenvalue weighted by Gasteiger charge is -2.28. The lowest BCUT2D eigenvalue weighted by Crippen LogP contribution is -2.31. The summed E-state index contributed by atoms with van der Waals surface area (Å²) in [7, 11) is 0.415. The molecule has 180 valence electrons. The maximum atomic E-state index is 12.9. The molecule has 0 saturated carbocycles. The van der Waals surface area contributed by atoms with Gasteiger partial charge < -0.3 is 23.8 Å². The molecule has 0 saturated heterocycles. The molecule has 0 aliphatic carbocycles. The Bertz CT molecular complexity index is 1360. The second-order valence-electron chi connectivity index (χ2n) is 10.2. The number of rotatable bonds is 9. The molecule has 1 unspecified atom stereocenters. The Morgan fingerprint density at radius 3 is 2.68 bits per heavy atom. The molecule has 34 heavy (non-hydrogen) atoms. The molecule has 1 N–H and O–H groups in total. The van der Waals surface area contributed by atoms with E-state index < -0.39 is 13.5 Å². The number of nitrogens with one attached hydrogen (secondary N) is 1. The van der Waals surface area contributed by atoms with Gasteiger partial charge in [-0.3, -0.25) is 0 Å². The molecular weight excluding hydrogens is 510 g/mol. The monoisotopic (exact) mass is 541 g/mol. The summed E-state index contributed by atoms with van der Waals surface area (Å²) in [4.78, 5) is 21.2. The summed E-state index contributed by atoms with van der Waals surface area (Å²) >= 11 is 3.58. The zero-order valence-electron chi connectivity index (χ0n) is 20.7. The summed E-state index contributed by atoms with van der Waals surface area (Å²) in [6.45, 7) is 11.9. The number of halogens is 1. The highest BCUT2D eigenvalue weighted by Crippen LogP contribution is 2.42. The molecule has 2 heterocycles. The van der Waals surface area contributed by atoms with Gasteiger partial charge in [0.1, 0.15) is 30.0 Å². The summed E-state index contributed by atoms with van der Waals surface area (Å²) in [5.74, 6) is 1.30. The lowest BCUT2D eigenvalue weighted by molar-refractivity contribution is -0.111. The quantitative estimate of drug-likeness (QED) is 0.151. The van der Waals surface area contributed by atoms with E-state index in [2.05, 4.69) is 40.6 Å². The largest absolute Gasteiger partial charge is 0.496 e. The van der Waals surface area contributed by atoms with E-state index in [-0.39, 0.29) is 0 Å². The Labute approximate surface area is 209 Å². The van der Waals surface area contributed by atoms with Gasteiger partial charge in [0.25, 0.3) is 0 Å². The van der Waals surface area contributed by atoms with Crippen LogP contribution in [0, 0.1) is 6.92 Å². The highest BCUT2D eigenvalue weighted by atomic mass is 79.9. The van der Waals surface area contributed by atoms with Crippen LogP contribution in [0.25, 0.3) is 21.9 Å². The predicted molar refractivity (Wildman–Crippen MR) is 144 cm³/mol. The standard InChI is InChI=1S/C26H32BrN3O3Si/c1-17-13-22(32-3)23(19-9-10-28-24(17)19)26(2,15-31)25-29-20-8-7-18(27)14-21(20)30(25)16-33-11-12-34(4,5)6/h7-10,13-15,28H,11-12,16H2,1-6H3. The summed E-state index contributed by atoms with van der Waals surface area (Å²) < 4.78 is 14.9. The van der Waals surface area contributed by atoms with Crippen molar-refractivity contribution in [2.75, 3.05) is 13.7 Å². The van der Waals surface area contributed by atoms with Crippen molar-refractivity contribution in [3.8, 4) is 5.75 Å². The van der Waals surface area contributed by atoms with Gasteiger partial charge in [0.2, 0.25) is 0 Å². The second kappa shape index (κ2) is 9.32. The highest BCUT2D eigenvalue weighted by Gasteiger charge is 2.39. The van der Waals surface area contributed by atoms with Gasteiger partial charge in [-0.25, -0.2) is 4.98 Å². The third-order valence-electron chi connectivity index (χ3n) is 6.37. The Kier molecular flexibility index (Phi) is 6.77. The van der Waals surface area contributed by atoms with E-state index in [9.17, 15) is 4.79 Å². The van der Waals surface area contributed by atoms with Gasteiger partial charge >= 0.3 is 0 Å². The SMILES string of the molecule is COc1cc(C)c2[nH]ccc2c1C(C)(C=O)c1nc2ccc(Br)cc2n1COCC[Si](C)(C)C. The summed E-state index contributed by atoms with van der Waals surface area (Å²) in [6.07, 6.45) is 2.87. The minimum atomic E-state index is -1.23. The molecule has 0 bridgehead atoms. The van der Waals surface area contributed by atoms with Gasteiger partial charge in [0, 0.05) is 41.8 Å². The Morgan fingerprint density at radius 1 is 1.24 bits per heavy atom. The number of aromatic nitrogens is 3. The fourth-order valence-electron chi connectivity index (χ4n) is 4.46. The van der Waals surface area contributed by atoms with Crippen LogP contribution in [0.15, 0.2) is 41.0 Å². The minimum absolute atomic E-state index is 0.320. The van der Waals surface area contributed by atoms with Crippen molar-refractivity contribution in [1.82, 2.24) is 14.5 Å². The van der Waals surface area contributed by atoms with Crippen LogP contribution in [-0.4, -0.2) is 42.6 Å². The smallest absolute Gasteiger partial charge is 0.138 e. The normalized spacial score (nSPS) is 14.0. The van der Waals surface area contributed by atoms with Gasteiger partial charge in [0.15, 0.2) is 0 Å². The molecule has 4 aromatic rings. The number of ether oxygens (including phenoxy) is 2. The van der Waals surface area contributed by atoms with Crippen LogP contribution in [0.3, 0.4) is 0 Å². The lowest BCUT2D eigenvalue weighted by atomic mass is 9.80. The first-order chi connectivity index (χ1) is 16.1. The van der Waals surface area contributed by atoms with E-state index in [0.29, 0.717) is 24.9 Å². The van der Waals surface area contributed by atoms with Crippen LogP contribution in [0.2, 0.25) is 25.7 Å².